The van der Waals surface area contributed by atoms with Crippen LogP contribution in [0.15, 0.2) is 85.0 Å². The Morgan fingerprint density at radius 1 is 1.03 bits per heavy atom. The molecular weight excluding hydrogens is 394 g/mol. The molecule has 0 radical (unpaired) electrons. The number of anilines is 1. The second-order valence-electron chi connectivity index (χ2n) is 7.02. The summed E-state index contributed by atoms with van der Waals surface area (Å²) in [5.74, 6) is -0.148. The van der Waals surface area contributed by atoms with Crippen molar-refractivity contribution < 1.29 is 4.79 Å². The highest BCUT2D eigenvalue weighted by atomic mass is 32.1. The van der Waals surface area contributed by atoms with Gasteiger partial charge in [-0.1, -0.05) is 30.3 Å². The first-order valence-corrected chi connectivity index (χ1v) is 10.5. The molecule has 0 atom stereocenters. The number of fused-ring (bicyclic) bond motifs is 1. The van der Waals surface area contributed by atoms with Crippen LogP contribution in [0.25, 0.3) is 10.9 Å². The van der Waals surface area contributed by atoms with Crippen LogP contribution in [-0.2, 0) is 13.1 Å². The highest BCUT2D eigenvalue weighted by molar-refractivity contribution is 7.13. The standard InChI is InChI=1S/C23H19N5OS/c29-22(26-23-25-10-12-30-23)18-7-5-17(6-8-18)13-28-15-19(14-27-11-9-24-16-27)20-3-1-2-4-21(20)28/h1-12,15-16H,13-14H2,(H,25,26,29). The molecule has 0 fully saturated rings. The highest BCUT2D eigenvalue weighted by Crippen LogP contribution is 2.23. The number of hydrogen-bond acceptors (Lipinski definition) is 4. The van der Waals surface area contributed by atoms with E-state index in [1.807, 2.05) is 42.2 Å². The number of carbonyl (C=O) groups is 1. The third-order valence-corrected chi connectivity index (χ3v) is 5.69. The van der Waals surface area contributed by atoms with E-state index in [1.54, 1.807) is 12.4 Å². The molecule has 0 aliphatic rings. The van der Waals surface area contributed by atoms with E-state index in [-0.39, 0.29) is 5.91 Å². The van der Waals surface area contributed by atoms with Gasteiger partial charge in [0.05, 0.1) is 12.9 Å². The molecule has 148 valence electrons. The molecule has 0 saturated heterocycles. The lowest BCUT2D eigenvalue weighted by Gasteiger charge is -2.07. The number of aromatic nitrogens is 4. The summed E-state index contributed by atoms with van der Waals surface area (Å²) in [6.07, 6.45) is 9.48. The van der Waals surface area contributed by atoms with Crippen LogP contribution in [0.3, 0.4) is 0 Å². The van der Waals surface area contributed by atoms with Crippen molar-refractivity contribution in [1.29, 1.82) is 0 Å². The second kappa shape index (κ2) is 7.96. The van der Waals surface area contributed by atoms with Crippen LogP contribution in [0, 0.1) is 0 Å². The van der Waals surface area contributed by atoms with Crippen molar-refractivity contribution in [2.24, 2.45) is 0 Å². The number of hydrogen-bond donors (Lipinski definition) is 1. The SMILES string of the molecule is O=C(Nc1nccs1)c1ccc(Cn2cc(Cn3ccnc3)c3ccccc32)cc1. The summed E-state index contributed by atoms with van der Waals surface area (Å²) in [7, 11) is 0. The van der Waals surface area contributed by atoms with Crippen LogP contribution in [0.5, 0.6) is 0 Å². The molecule has 3 heterocycles. The minimum Gasteiger partial charge on any atom is -0.343 e. The van der Waals surface area contributed by atoms with Crippen LogP contribution >= 0.6 is 11.3 Å². The Morgan fingerprint density at radius 3 is 2.67 bits per heavy atom. The zero-order valence-corrected chi connectivity index (χ0v) is 16.9. The lowest BCUT2D eigenvalue weighted by atomic mass is 10.1. The van der Waals surface area contributed by atoms with Crippen LogP contribution < -0.4 is 5.32 Å². The van der Waals surface area contributed by atoms with Crippen LogP contribution in [-0.4, -0.2) is 25.0 Å². The molecule has 0 aliphatic carbocycles. The molecule has 3 aromatic heterocycles. The van der Waals surface area contributed by atoms with Gasteiger partial charge in [0.1, 0.15) is 0 Å². The number of amides is 1. The molecule has 7 heteroatoms. The normalized spacial score (nSPS) is 11.1. The van der Waals surface area contributed by atoms with Gasteiger partial charge >= 0.3 is 0 Å². The van der Waals surface area contributed by atoms with E-state index in [0.717, 1.165) is 18.7 Å². The van der Waals surface area contributed by atoms with Crippen molar-refractivity contribution in [1.82, 2.24) is 19.1 Å². The third kappa shape index (κ3) is 3.75. The van der Waals surface area contributed by atoms with E-state index in [4.69, 9.17) is 0 Å². The molecule has 1 amide bonds. The Balaban J connectivity index is 1.37. The number of carbonyl (C=O) groups excluding carboxylic acids is 1. The molecule has 5 rings (SSSR count). The summed E-state index contributed by atoms with van der Waals surface area (Å²) in [5, 5.41) is 6.49. The molecule has 5 aromatic rings. The summed E-state index contributed by atoms with van der Waals surface area (Å²) in [5.41, 5.74) is 4.20. The van der Waals surface area contributed by atoms with E-state index in [2.05, 4.69) is 54.9 Å². The molecule has 0 aliphatic heterocycles. The van der Waals surface area contributed by atoms with Gasteiger partial charge in [-0.3, -0.25) is 10.1 Å². The smallest absolute Gasteiger partial charge is 0.257 e. The zero-order chi connectivity index (χ0) is 20.3. The molecule has 30 heavy (non-hydrogen) atoms. The Kier molecular flexibility index (Phi) is 4.86. The largest absolute Gasteiger partial charge is 0.343 e. The van der Waals surface area contributed by atoms with Crippen molar-refractivity contribution in [3.63, 3.8) is 0 Å². The Bertz CT molecular complexity index is 1270. The van der Waals surface area contributed by atoms with Gasteiger partial charge in [0.15, 0.2) is 5.13 Å². The molecule has 0 unspecified atom stereocenters. The van der Waals surface area contributed by atoms with Crippen LogP contribution in [0.4, 0.5) is 5.13 Å². The van der Waals surface area contributed by atoms with Gasteiger partial charge in [0.25, 0.3) is 5.91 Å². The van der Waals surface area contributed by atoms with E-state index < -0.39 is 0 Å². The number of nitrogens with one attached hydrogen (secondary N) is 1. The fourth-order valence-corrected chi connectivity index (χ4v) is 4.09. The maximum Gasteiger partial charge on any atom is 0.257 e. The first-order valence-electron chi connectivity index (χ1n) is 9.58. The van der Waals surface area contributed by atoms with Gasteiger partial charge in [-0.25, -0.2) is 9.97 Å². The number of para-hydroxylation sites is 1. The first-order chi connectivity index (χ1) is 14.8. The van der Waals surface area contributed by atoms with E-state index >= 15 is 0 Å². The minimum absolute atomic E-state index is 0.148. The molecule has 6 nitrogen and oxygen atoms in total. The first kappa shape index (κ1) is 18.3. The van der Waals surface area contributed by atoms with E-state index in [9.17, 15) is 4.79 Å². The van der Waals surface area contributed by atoms with Crippen molar-refractivity contribution in [2.45, 2.75) is 13.1 Å². The summed E-state index contributed by atoms with van der Waals surface area (Å²) in [4.78, 5) is 20.6. The van der Waals surface area contributed by atoms with Crippen molar-refractivity contribution in [2.75, 3.05) is 5.32 Å². The van der Waals surface area contributed by atoms with Gasteiger partial charge in [-0.15, -0.1) is 11.3 Å². The highest BCUT2D eigenvalue weighted by Gasteiger charge is 2.11. The number of nitrogens with zero attached hydrogens (tertiary/aromatic N) is 4. The maximum atomic E-state index is 12.4. The van der Waals surface area contributed by atoms with E-state index in [0.29, 0.717) is 10.7 Å². The van der Waals surface area contributed by atoms with Gasteiger partial charge in [0.2, 0.25) is 0 Å². The average molecular weight is 414 g/mol. The molecule has 0 bridgehead atoms. The predicted molar refractivity (Wildman–Crippen MR) is 119 cm³/mol. The summed E-state index contributed by atoms with van der Waals surface area (Å²) in [6, 6.07) is 16.1. The van der Waals surface area contributed by atoms with Gasteiger partial charge in [-0.2, -0.15) is 0 Å². The summed E-state index contributed by atoms with van der Waals surface area (Å²) in [6.45, 7) is 1.52. The van der Waals surface area contributed by atoms with Crippen molar-refractivity contribution in [3.05, 3.63) is 102 Å². The number of rotatable bonds is 6. The van der Waals surface area contributed by atoms with Gasteiger partial charge in [-0.05, 0) is 29.3 Å². The van der Waals surface area contributed by atoms with Crippen LogP contribution in [0.1, 0.15) is 21.5 Å². The second-order valence-corrected chi connectivity index (χ2v) is 7.92. The molecule has 1 N–H and O–H groups in total. The average Bonchev–Trinajstić information content (AvgIpc) is 3.52. The van der Waals surface area contributed by atoms with E-state index in [1.165, 1.54) is 27.8 Å². The molecule has 0 saturated carbocycles. The molecule has 2 aromatic carbocycles. The number of imidazole rings is 1. The predicted octanol–water partition coefficient (Wildman–Crippen LogP) is 4.64. The fourth-order valence-electron chi connectivity index (χ4n) is 3.57. The number of benzene rings is 2. The quantitative estimate of drug-likeness (QED) is 0.441. The maximum absolute atomic E-state index is 12.4. The Morgan fingerprint density at radius 2 is 1.90 bits per heavy atom. The summed E-state index contributed by atoms with van der Waals surface area (Å²) < 4.78 is 4.33. The van der Waals surface area contributed by atoms with Crippen molar-refractivity contribution in [3.8, 4) is 0 Å². The molecular formula is C23H19N5OS. The topological polar surface area (TPSA) is 64.7 Å². The van der Waals surface area contributed by atoms with Crippen LogP contribution in [0.2, 0.25) is 0 Å². The Hall–Kier alpha value is -3.71. The number of thiazole rings is 1. The minimum atomic E-state index is -0.148. The lowest BCUT2D eigenvalue weighted by molar-refractivity contribution is 0.102. The molecule has 0 spiro atoms. The Labute approximate surface area is 177 Å². The fraction of sp³-hybridized carbons (Fsp3) is 0.0870. The lowest BCUT2D eigenvalue weighted by Crippen LogP contribution is -2.11. The van der Waals surface area contributed by atoms with Crippen molar-refractivity contribution >= 4 is 33.3 Å². The third-order valence-electron chi connectivity index (χ3n) is 5.01. The van der Waals surface area contributed by atoms with Gasteiger partial charge in [0, 0.05) is 53.2 Å². The van der Waals surface area contributed by atoms with Gasteiger partial charge < -0.3 is 9.13 Å². The summed E-state index contributed by atoms with van der Waals surface area (Å²) >= 11 is 1.40. The monoisotopic (exact) mass is 413 g/mol. The zero-order valence-electron chi connectivity index (χ0n) is 16.1.